The van der Waals surface area contributed by atoms with Crippen molar-refractivity contribution in [3.05, 3.63) is 70.7 Å². The Hall–Kier alpha value is -3.39. The fourth-order valence-electron chi connectivity index (χ4n) is 3.99. The molecule has 1 fully saturated rings. The van der Waals surface area contributed by atoms with Crippen molar-refractivity contribution in [1.29, 1.82) is 0 Å². The standard InChI is InChI=1S/C24H24ClNO7/c1-2-32-23(30)21-18(12-20(27)28)19(22(29)16-8-10-17(25)11-9-16)13-26(21)24(31)33-14-15-6-4-3-5-7-15/h3-11,18-19,21H,2,12-14H2,1H3,(H,27,28)/t18-,19-,21-/m0/s1. The van der Waals surface area contributed by atoms with Crippen LogP contribution in [0.5, 0.6) is 0 Å². The van der Waals surface area contributed by atoms with Crippen LogP contribution in [0.15, 0.2) is 54.6 Å². The first-order valence-corrected chi connectivity index (χ1v) is 10.8. The number of aliphatic carboxylic acids is 1. The number of ketones is 1. The van der Waals surface area contributed by atoms with Crippen LogP contribution in [-0.4, -0.2) is 53.0 Å². The first-order chi connectivity index (χ1) is 15.8. The molecular weight excluding hydrogens is 450 g/mol. The van der Waals surface area contributed by atoms with Gasteiger partial charge in [-0.15, -0.1) is 0 Å². The number of esters is 1. The van der Waals surface area contributed by atoms with Gasteiger partial charge in [0.15, 0.2) is 5.78 Å². The van der Waals surface area contributed by atoms with Crippen LogP contribution < -0.4 is 0 Å². The highest BCUT2D eigenvalue weighted by Gasteiger charge is 2.52. The number of Topliss-reactive ketones (excluding diaryl/α,β-unsaturated/α-hetero) is 1. The molecule has 1 amide bonds. The number of carboxylic acid groups (broad SMARTS) is 1. The minimum atomic E-state index is -1.26. The number of likely N-dealkylation sites (tertiary alicyclic amines) is 1. The average Bonchev–Trinajstić information content (AvgIpc) is 3.17. The van der Waals surface area contributed by atoms with E-state index in [2.05, 4.69) is 0 Å². The molecule has 1 aliphatic heterocycles. The van der Waals surface area contributed by atoms with Gasteiger partial charge in [0.25, 0.3) is 0 Å². The van der Waals surface area contributed by atoms with E-state index in [9.17, 15) is 24.3 Å². The van der Waals surface area contributed by atoms with Crippen molar-refractivity contribution in [3.63, 3.8) is 0 Å². The molecule has 3 atom stereocenters. The number of hydrogen-bond donors (Lipinski definition) is 1. The maximum atomic E-state index is 13.3. The molecular formula is C24H24ClNO7. The molecule has 1 aliphatic rings. The van der Waals surface area contributed by atoms with Crippen molar-refractivity contribution in [2.75, 3.05) is 13.2 Å². The van der Waals surface area contributed by atoms with Gasteiger partial charge in [-0.3, -0.25) is 14.5 Å². The third-order valence-electron chi connectivity index (χ3n) is 5.50. The molecule has 174 valence electrons. The lowest BCUT2D eigenvalue weighted by Crippen LogP contribution is -2.45. The topological polar surface area (TPSA) is 110 Å². The number of halogens is 1. The van der Waals surface area contributed by atoms with E-state index >= 15 is 0 Å². The van der Waals surface area contributed by atoms with Crippen LogP contribution in [0.25, 0.3) is 0 Å². The maximum Gasteiger partial charge on any atom is 0.410 e. The molecule has 1 N–H and O–H groups in total. The zero-order chi connectivity index (χ0) is 24.0. The van der Waals surface area contributed by atoms with Crippen molar-refractivity contribution in [3.8, 4) is 0 Å². The van der Waals surface area contributed by atoms with E-state index in [1.807, 2.05) is 6.07 Å². The highest BCUT2D eigenvalue weighted by Crippen LogP contribution is 2.36. The van der Waals surface area contributed by atoms with Crippen molar-refractivity contribution < 1.29 is 33.8 Å². The summed E-state index contributed by atoms with van der Waals surface area (Å²) in [6.07, 6.45) is -1.31. The molecule has 0 aliphatic carbocycles. The lowest BCUT2D eigenvalue weighted by molar-refractivity contribution is -0.150. The summed E-state index contributed by atoms with van der Waals surface area (Å²) in [7, 11) is 0. The van der Waals surface area contributed by atoms with E-state index in [0.717, 1.165) is 10.5 Å². The molecule has 1 saturated heterocycles. The number of hydrogen-bond acceptors (Lipinski definition) is 6. The molecule has 2 aromatic rings. The summed E-state index contributed by atoms with van der Waals surface area (Å²) in [5.74, 6) is -4.25. The summed E-state index contributed by atoms with van der Waals surface area (Å²) in [5, 5.41) is 9.91. The van der Waals surface area contributed by atoms with Gasteiger partial charge in [-0.05, 0) is 36.8 Å². The molecule has 33 heavy (non-hydrogen) atoms. The van der Waals surface area contributed by atoms with Gasteiger partial charge in [0.05, 0.1) is 13.0 Å². The molecule has 0 unspecified atom stereocenters. The van der Waals surface area contributed by atoms with Gasteiger partial charge in [0.1, 0.15) is 12.6 Å². The van der Waals surface area contributed by atoms with E-state index < -0.39 is 42.3 Å². The summed E-state index contributed by atoms with van der Waals surface area (Å²) in [5.41, 5.74) is 1.05. The van der Waals surface area contributed by atoms with Crippen molar-refractivity contribution in [1.82, 2.24) is 4.90 Å². The van der Waals surface area contributed by atoms with Crippen molar-refractivity contribution >= 4 is 35.4 Å². The Morgan fingerprint density at radius 3 is 2.30 bits per heavy atom. The van der Waals surface area contributed by atoms with Crippen LogP contribution in [0.3, 0.4) is 0 Å². The Morgan fingerprint density at radius 1 is 1.03 bits per heavy atom. The van der Waals surface area contributed by atoms with Crippen molar-refractivity contribution in [2.45, 2.75) is 26.0 Å². The summed E-state index contributed by atoms with van der Waals surface area (Å²) in [4.78, 5) is 51.7. The minimum absolute atomic E-state index is 0.0366. The number of rotatable bonds is 8. The largest absolute Gasteiger partial charge is 0.481 e. The first-order valence-electron chi connectivity index (χ1n) is 10.5. The van der Waals surface area contributed by atoms with E-state index in [1.165, 1.54) is 12.1 Å². The van der Waals surface area contributed by atoms with Crippen LogP contribution >= 0.6 is 11.6 Å². The monoisotopic (exact) mass is 473 g/mol. The van der Waals surface area contributed by atoms with Gasteiger partial charge >= 0.3 is 18.0 Å². The number of carbonyl (C=O) groups is 4. The summed E-state index contributed by atoms with van der Waals surface area (Å²) in [6, 6.07) is 13.9. The molecule has 2 aromatic carbocycles. The highest BCUT2D eigenvalue weighted by atomic mass is 35.5. The van der Waals surface area contributed by atoms with Crippen LogP contribution in [0.1, 0.15) is 29.3 Å². The molecule has 0 bridgehead atoms. The molecule has 0 radical (unpaired) electrons. The van der Waals surface area contributed by atoms with E-state index in [-0.39, 0.29) is 25.5 Å². The molecule has 3 rings (SSSR count). The summed E-state index contributed by atoms with van der Waals surface area (Å²) in [6.45, 7) is 1.44. The van der Waals surface area contributed by atoms with Crippen molar-refractivity contribution in [2.24, 2.45) is 11.8 Å². The van der Waals surface area contributed by atoms with Crippen LogP contribution in [-0.2, 0) is 25.7 Å². The first kappa shape index (κ1) is 24.3. The minimum Gasteiger partial charge on any atom is -0.481 e. The third kappa shape index (κ3) is 5.90. The van der Waals surface area contributed by atoms with Gasteiger partial charge in [-0.2, -0.15) is 0 Å². The van der Waals surface area contributed by atoms with E-state index in [4.69, 9.17) is 21.1 Å². The lowest BCUT2D eigenvalue weighted by atomic mass is 9.82. The van der Waals surface area contributed by atoms with Gasteiger partial charge in [-0.25, -0.2) is 9.59 Å². The number of nitrogens with zero attached hydrogens (tertiary/aromatic N) is 1. The van der Waals surface area contributed by atoms with E-state index in [1.54, 1.807) is 43.3 Å². The van der Waals surface area contributed by atoms with Gasteiger partial charge < -0.3 is 14.6 Å². The summed E-state index contributed by atoms with van der Waals surface area (Å²) >= 11 is 5.90. The normalized spacial score (nSPS) is 19.7. The molecule has 1 heterocycles. The number of amides is 1. The van der Waals surface area contributed by atoms with Gasteiger partial charge in [-0.1, -0.05) is 41.9 Å². The molecule has 0 aromatic heterocycles. The Kier molecular flexibility index (Phi) is 8.06. The second-order valence-corrected chi connectivity index (χ2v) is 8.07. The maximum absolute atomic E-state index is 13.3. The second kappa shape index (κ2) is 11.0. The molecule has 0 spiro atoms. The molecule has 8 nitrogen and oxygen atoms in total. The number of benzene rings is 2. The number of ether oxygens (including phenoxy) is 2. The second-order valence-electron chi connectivity index (χ2n) is 7.63. The Labute approximate surface area is 196 Å². The van der Waals surface area contributed by atoms with Crippen LogP contribution in [0.2, 0.25) is 5.02 Å². The third-order valence-corrected chi connectivity index (χ3v) is 5.75. The van der Waals surface area contributed by atoms with Crippen LogP contribution in [0.4, 0.5) is 4.79 Å². The molecule has 9 heteroatoms. The highest BCUT2D eigenvalue weighted by molar-refractivity contribution is 6.30. The van der Waals surface area contributed by atoms with Crippen LogP contribution in [0, 0.1) is 11.8 Å². The predicted octanol–water partition coefficient (Wildman–Crippen LogP) is 3.81. The zero-order valence-corrected chi connectivity index (χ0v) is 18.7. The smallest absolute Gasteiger partial charge is 0.410 e. The zero-order valence-electron chi connectivity index (χ0n) is 18.0. The predicted molar refractivity (Wildman–Crippen MR) is 119 cm³/mol. The Balaban J connectivity index is 1.90. The van der Waals surface area contributed by atoms with Gasteiger partial charge in [0.2, 0.25) is 0 Å². The fraction of sp³-hybridized carbons (Fsp3) is 0.333. The fourth-order valence-corrected chi connectivity index (χ4v) is 4.12. The SMILES string of the molecule is CCOC(=O)[C@@H]1[C@@H](CC(=O)O)[C@@H](C(=O)c2ccc(Cl)cc2)CN1C(=O)OCc1ccccc1. The lowest BCUT2D eigenvalue weighted by Gasteiger charge is -2.25. The Bertz CT molecular complexity index is 1010. The average molecular weight is 474 g/mol. The summed E-state index contributed by atoms with van der Waals surface area (Å²) < 4.78 is 10.5. The number of carboxylic acids is 1. The number of carbonyl (C=O) groups excluding carboxylic acids is 3. The van der Waals surface area contributed by atoms with E-state index in [0.29, 0.717) is 10.6 Å². The quantitative estimate of drug-likeness (QED) is 0.458. The van der Waals surface area contributed by atoms with Gasteiger partial charge in [0, 0.05) is 29.0 Å². The Morgan fingerprint density at radius 2 is 1.70 bits per heavy atom. The molecule has 0 saturated carbocycles.